The van der Waals surface area contributed by atoms with E-state index in [-0.39, 0.29) is 18.4 Å². The van der Waals surface area contributed by atoms with Gasteiger partial charge in [-0.1, -0.05) is 13.0 Å². The maximum Gasteiger partial charge on any atom is 0.260 e. The molecule has 0 radical (unpaired) electrons. The van der Waals surface area contributed by atoms with E-state index in [0.717, 1.165) is 50.9 Å². The molecule has 0 N–H and O–H groups in total. The molecule has 152 valence electrons. The molecule has 1 atom stereocenters. The Labute approximate surface area is 168 Å². The highest BCUT2D eigenvalue weighted by molar-refractivity contribution is 5.80. The summed E-state index contributed by atoms with van der Waals surface area (Å²) in [7, 11) is 0. The summed E-state index contributed by atoms with van der Waals surface area (Å²) in [6.45, 7) is 5.42. The van der Waals surface area contributed by atoms with Crippen LogP contribution in [0.5, 0.6) is 5.75 Å². The minimum absolute atomic E-state index is 0.0259. The van der Waals surface area contributed by atoms with Crippen LogP contribution in [-0.2, 0) is 22.4 Å². The van der Waals surface area contributed by atoms with Crippen molar-refractivity contribution in [2.45, 2.75) is 51.9 Å². The number of amides is 2. The molecule has 1 unspecified atom stereocenters. The van der Waals surface area contributed by atoms with Crippen LogP contribution in [0.25, 0.3) is 0 Å². The number of rotatable bonds is 4. The standard InChI is InChI=1S/C23H32N2O3/c1-17-4-3-11-25(15-17)23(27)19-9-12-24(13-10-19)22(26)16-28-21-8-7-18-5-2-6-20(18)14-21/h7-8,14,17,19H,2-6,9-13,15-16H2,1H3. The van der Waals surface area contributed by atoms with Crippen LogP contribution < -0.4 is 4.74 Å². The third-order valence-electron chi connectivity index (χ3n) is 6.60. The van der Waals surface area contributed by atoms with Gasteiger partial charge in [0.25, 0.3) is 5.91 Å². The third kappa shape index (κ3) is 4.34. The van der Waals surface area contributed by atoms with Crippen molar-refractivity contribution in [1.82, 2.24) is 9.80 Å². The van der Waals surface area contributed by atoms with Gasteiger partial charge in [0.05, 0.1) is 0 Å². The summed E-state index contributed by atoms with van der Waals surface area (Å²) >= 11 is 0. The largest absolute Gasteiger partial charge is 0.484 e. The molecule has 5 nitrogen and oxygen atoms in total. The number of carbonyl (C=O) groups excluding carboxylic acids is 2. The van der Waals surface area contributed by atoms with Crippen molar-refractivity contribution in [3.63, 3.8) is 0 Å². The smallest absolute Gasteiger partial charge is 0.260 e. The van der Waals surface area contributed by atoms with Crippen LogP contribution in [0.3, 0.4) is 0 Å². The Morgan fingerprint density at radius 1 is 1.00 bits per heavy atom. The van der Waals surface area contributed by atoms with Crippen LogP contribution in [0, 0.1) is 11.8 Å². The summed E-state index contributed by atoms with van der Waals surface area (Å²) in [5.74, 6) is 1.80. The molecule has 1 aromatic carbocycles. The van der Waals surface area contributed by atoms with Crippen molar-refractivity contribution >= 4 is 11.8 Å². The fourth-order valence-electron chi connectivity index (χ4n) is 4.90. The highest BCUT2D eigenvalue weighted by Crippen LogP contribution is 2.27. The Bertz CT molecular complexity index is 725. The lowest BCUT2D eigenvalue weighted by Crippen LogP contribution is -2.47. The Morgan fingerprint density at radius 3 is 2.57 bits per heavy atom. The van der Waals surface area contributed by atoms with Gasteiger partial charge in [0.1, 0.15) is 5.75 Å². The lowest BCUT2D eigenvalue weighted by atomic mass is 9.93. The number of aryl methyl sites for hydroxylation is 2. The number of likely N-dealkylation sites (tertiary alicyclic amines) is 2. The van der Waals surface area contributed by atoms with Crippen LogP contribution in [0.4, 0.5) is 0 Å². The second-order valence-electron chi connectivity index (χ2n) is 8.76. The maximum absolute atomic E-state index is 12.8. The van der Waals surface area contributed by atoms with E-state index in [1.165, 1.54) is 24.0 Å². The Kier molecular flexibility index (Phi) is 5.88. The highest BCUT2D eigenvalue weighted by atomic mass is 16.5. The highest BCUT2D eigenvalue weighted by Gasteiger charge is 2.31. The van der Waals surface area contributed by atoms with Crippen molar-refractivity contribution in [2.75, 3.05) is 32.8 Å². The molecule has 0 aromatic heterocycles. The third-order valence-corrected chi connectivity index (χ3v) is 6.60. The van der Waals surface area contributed by atoms with Crippen LogP contribution in [0.1, 0.15) is 50.2 Å². The molecule has 2 saturated heterocycles. The summed E-state index contributed by atoms with van der Waals surface area (Å²) in [6.07, 6.45) is 7.35. The molecule has 2 aliphatic heterocycles. The van der Waals surface area contributed by atoms with Gasteiger partial charge in [0.2, 0.25) is 5.91 Å². The Hall–Kier alpha value is -2.04. The first-order chi connectivity index (χ1) is 13.6. The van der Waals surface area contributed by atoms with E-state index in [1.54, 1.807) is 0 Å². The fourth-order valence-corrected chi connectivity index (χ4v) is 4.90. The van der Waals surface area contributed by atoms with Crippen molar-refractivity contribution in [3.8, 4) is 5.75 Å². The summed E-state index contributed by atoms with van der Waals surface area (Å²) in [4.78, 5) is 29.2. The predicted octanol–water partition coefficient (Wildman–Crippen LogP) is 3.05. The van der Waals surface area contributed by atoms with E-state index >= 15 is 0 Å². The number of fused-ring (bicyclic) bond motifs is 1. The zero-order valence-electron chi connectivity index (χ0n) is 17.0. The maximum atomic E-state index is 12.8. The SMILES string of the molecule is CC1CCCN(C(=O)C2CCN(C(=O)COc3ccc4c(c3)CCC4)CC2)C1. The van der Waals surface area contributed by atoms with Crippen molar-refractivity contribution in [1.29, 1.82) is 0 Å². The first kappa shape index (κ1) is 19.3. The topological polar surface area (TPSA) is 49.9 Å². The number of carbonyl (C=O) groups is 2. The number of benzene rings is 1. The van der Waals surface area contributed by atoms with Gasteiger partial charge in [0, 0.05) is 32.1 Å². The number of piperidine rings is 2. The number of hydrogen-bond acceptors (Lipinski definition) is 3. The molecule has 28 heavy (non-hydrogen) atoms. The van der Waals surface area contributed by atoms with Gasteiger partial charge in [0.15, 0.2) is 6.61 Å². The molecule has 2 amide bonds. The van der Waals surface area contributed by atoms with Crippen LogP contribution in [-0.4, -0.2) is 54.4 Å². The van der Waals surface area contributed by atoms with Gasteiger partial charge in [-0.15, -0.1) is 0 Å². The van der Waals surface area contributed by atoms with Gasteiger partial charge in [-0.2, -0.15) is 0 Å². The predicted molar refractivity (Wildman–Crippen MR) is 108 cm³/mol. The molecule has 1 aromatic rings. The van der Waals surface area contributed by atoms with Gasteiger partial charge in [-0.25, -0.2) is 0 Å². The van der Waals surface area contributed by atoms with Crippen molar-refractivity contribution in [2.24, 2.45) is 11.8 Å². The fraction of sp³-hybridized carbons (Fsp3) is 0.652. The Balaban J connectivity index is 1.23. The first-order valence-corrected chi connectivity index (χ1v) is 10.9. The van der Waals surface area contributed by atoms with Crippen molar-refractivity contribution in [3.05, 3.63) is 29.3 Å². The van der Waals surface area contributed by atoms with Gasteiger partial charge >= 0.3 is 0 Å². The molecule has 4 rings (SSSR count). The van der Waals surface area contributed by atoms with Gasteiger partial charge < -0.3 is 14.5 Å². The van der Waals surface area contributed by atoms with Crippen LogP contribution in [0.15, 0.2) is 18.2 Å². The van der Waals surface area contributed by atoms with E-state index in [1.807, 2.05) is 15.9 Å². The molecule has 5 heteroatoms. The lowest BCUT2D eigenvalue weighted by Gasteiger charge is -2.37. The molecule has 1 aliphatic carbocycles. The molecule has 3 aliphatic rings. The second-order valence-corrected chi connectivity index (χ2v) is 8.76. The summed E-state index contributed by atoms with van der Waals surface area (Å²) in [5, 5.41) is 0. The number of hydrogen-bond donors (Lipinski definition) is 0. The van der Waals surface area contributed by atoms with E-state index in [0.29, 0.717) is 24.9 Å². The lowest BCUT2D eigenvalue weighted by molar-refractivity contribution is -0.142. The monoisotopic (exact) mass is 384 g/mol. The zero-order chi connectivity index (χ0) is 19.5. The quantitative estimate of drug-likeness (QED) is 0.802. The molecule has 0 spiro atoms. The molecule has 2 heterocycles. The Morgan fingerprint density at radius 2 is 1.79 bits per heavy atom. The molecule has 0 saturated carbocycles. The normalized spacial score (nSPS) is 22.8. The van der Waals surface area contributed by atoms with E-state index in [4.69, 9.17) is 4.74 Å². The van der Waals surface area contributed by atoms with E-state index in [2.05, 4.69) is 19.1 Å². The van der Waals surface area contributed by atoms with Gasteiger partial charge in [-0.05, 0) is 74.1 Å². The number of nitrogens with zero attached hydrogens (tertiary/aromatic N) is 2. The zero-order valence-corrected chi connectivity index (χ0v) is 17.0. The van der Waals surface area contributed by atoms with Crippen LogP contribution >= 0.6 is 0 Å². The average Bonchev–Trinajstić information content (AvgIpc) is 3.19. The second kappa shape index (κ2) is 8.54. The van der Waals surface area contributed by atoms with Crippen LogP contribution in [0.2, 0.25) is 0 Å². The minimum atomic E-state index is 0.0259. The molecule has 2 fully saturated rings. The molecule has 0 bridgehead atoms. The molecular formula is C23H32N2O3. The number of ether oxygens (including phenoxy) is 1. The van der Waals surface area contributed by atoms with Crippen molar-refractivity contribution < 1.29 is 14.3 Å². The first-order valence-electron chi connectivity index (χ1n) is 10.9. The summed E-state index contributed by atoms with van der Waals surface area (Å²) < 4.78 is 5.76. The molecular weight excluding hydrogens is 352 g/mol. The minimum Gasteiger partial charge on any atom is -0.484 e. The summed E-state index contributed by atoms with van der Waals surface area (Å²) in [6, 6.07) is 6.18. The summed E-state index contributed by atoms with van der Waals surface area (Å²) in [5.41, 5.74) is 2.77. The van der Waals surface area contributed by atoms with E-state index < -0.39 is 0 Å². The van der Waals surface area contributed by atoms with E-state index in [9.17, 15) is 9.59 Å². The van der Waals surface area contributed by atoms with Gasteiger partial charge in [-0.3, -0.25) is 9.59 Å². The average molecular weight is 385 g/mol.